The summed E-state index contributed by atoms with van der Waals surface area (Å²) in [5.41, 5.74) is 10.7. The van der Waals surface area contributed by atoms with E-state index >= 15 is 0 Å². The first-order chi connectivity index (χ1) is 9.19. The van der Waals surface area contributed by atoms with Crippen molar-refractivity contribution in [3.63, 3.8) is 0 Å². The molecule has 1 aromatic carbocycles. The highest BCUT2D eigenvalue weighted by Gasteiger charge is 2.11. The van der Waals surface area contributed by atoms with Gasteiger partial charge in [-0.2, -0.15) is 5.10 Å². The fourth-order valence-electron chi connectivity index (χ4n) is 2.35. The van der Waals surface area contributed by atoms with Gasteiger partial charge in [-0.15, -0.1) is 0 Å². The van der Waals surface area contributed by atoms with Crippen LogP contribution in [0.4, 0.5) is 0 Å². The summed E-state index contributed by atoms with van der Waals surface area (Å²) in [5.74, 6) is 0.681. The molecule has 3 rings (SSSR count). The Morgan fingerprint density at radius 2 is 2.21 bits per heavy atom. The molecule has 19 heavy (non-hydrogen) atoms. The lowest BCUT2D eigenvalue weighted by Gasteiger charge is -2.04. The van der Waals surface area contributed by atoms with Crippen molar-refractivity contribution in [2.45, 2.75) is 13.3 Å². The molecule has 0 amide bonds. The molecule has 0 unspecified atom stereocenters. The summed E-state index contributed by atoms with van der Waals surface area (Å²) in [6.45, 7) is 2.46. The number of aryl methyl sites for hydroxylation is 2. The van der Waals surface area contributed by atoms with Crippen LogP contribution in [-0.2, 0) is 13.5 Å². The highest BCUT2D eigenvalue weighted by Crippen LogP contribution is 2.27. The first-order valence-electron chi connectivity index (χ1n) is 6.27. The van der Waals surface area contributed by atoms with Crippen LogP contribution in [0.3, 0.4) is 0 Å². The molecule has 3 aromatic rings. The summed E-state index contributed by atoms with van der Waals surface area (Å²) in [6, 6.07) is 6.01. The quantitative estimate of drug-likeness (QED) is 0.778. The van der Waals surface area contributed by atoms with Crippen LogP contribution in [0.5, 0.6) is 0 Å². The van der Waals surface area contributed by atoms with E-state index in [4.69, 9.17) is 10.2 Å². The summed E-state index contributed by atoms with van der Waals surface area (Å²) in [6.07, 6.45) is 2.68. The Kier molecular flexibility index (Phi) is 2.83. The smallest absolute Gasteiger partial charge is 0.192 e. The average molecular weight is 256 g/mol. The molecule has 0 atom stereocenters. The van der Waals surface area contributed by atoms with Gasteiger partial charge in [-0.1, -0.05) is 6.07 Å². The molecule has 5 nitrogen and oxygen atoms in total. The largest absolute Gasteiger partial charge is 0.441 e. The second kappa shape index (κ2) is 4.51. The van der Waals surface area contributed by atoms with Crippen molar-refractivity contribution in [2.75, 3.05) is 6.54 Å². The van der Waals surface area contributed by atoms with Crippen LogP contribution < -0.4 is 5.73 Å². The Hall–Kier alpha value is -2.14. The van der Waals surface area contributed by atoms with Gasteiger partial charge in [0.05, 0.1) is 6.20 Å². The van der Waals surface area contributed by atoms with Crippen LogP contribution >= 0.6 is 0 Å². The number of benzene rings is 1. The van der Waals surface area contributed by atoms with Crippen molar-refractivity contribution in [3.05, 3.63) is 36.0 Å². The van der Waals surface area contributed by atoms with Gasteiger partial charge in [-0.05, 0) is 24.2 Å². The minimum absolute atomic E-state index is 0.609. The SMILES string of the molecule is Cc1nc2cc(-c3cnn(C)c3CCN)ccc2o1. The molecular weight excluding hydrogens is 240 g/mol. The topological polar surface area (TPSA) is 69.9 Å². The summed E-state index contributed by atoms with van der Waals surface area (Å²) < 4.78 is 7.37. The van der Waals surface area contributed by atoms with Gasteiger partial charge in [0.1, 0.15) is 5.52 Å². The molecule has 0 saturated heterocycles. The van der Waals surface area contributed by atoms with Crippen molar-refractivity contribution in [1.82, 2.24) is 14.8 Å². The lowest BCUT2D eigenvalue weighted by molar-refractivity contribution is 0.561. The van der Waals surface area contributed by atoms with E-state index in [1.165, 1.54) is 0 Å². The number of hydrogen-bond donors (Lipinski definition) is 1. The molecular formula is C14H16N4O. The molecule has 2 aromatic heterocycles. The molecule has 0 saturated carbocycles. The van der Waals surface area contributed by atoms with E-state index < -0.39 is 0 Å². The van der Waals surface area contributed by atoms with Crippen molar-refractivity contribution < 1.29 is 4.42 Å². The first-order valence-corrected chi connectivity index (χ1v) is 6.27. The Morgan fingerprint density at radius 1 is 1.37 bits per heavy atom. The number of fused-ring (bicyclic) bond motifs is 1. The molecule has 0 spiro atoms. The molecule has 0 fully saturated rings. The standard InChI is InChI=1S/C14H16N4O/c1-9-17-12-7-10(3-4-14(12)19-9)11-8-16-18(2)13(11)5-6-15/h3-4,7-8H,5-6,15H2,1-2H3. The van der Waals surface area contributed by atoms with E-state index in [1.807, 2.05) is 43.0 Å². The number of rotatable bonds is 3. The number of nitrogens with two attached hydrogens (primary N) is 1. The lowest BCUT2D eigenvalue weighted by Crippen LogP contribution is -2.08. The fourth-order valence-corrected chi connectivity index (χ4v) is 2.35. The third-order valence-electron chi connectivity index (χ3n) is 3.25. The second-order valence-electron chi connectivity index (χ2n) is 4.58. The molecule has 2 N–H and O–H groups in total. The monoisotopic (exact) mass is 256 g/mol. The van der Waals surface area contributed by atoms with Crippen molar-refractivity contribution >= 4 is 11.1 Å². The average Bonchev–Trinajstić information content (AvgIpc) is 2.92. The third-order valence-corrected chi connectivity index (χ3v) is 3.25. The van der Waals surface area contributed by atoms with Gasteiger partial charge in [-0.25, -0.2) is 4.98 Å². The molecule has 0 bridgehead atoms. The normalized spacial score (nSPS) is 11.3. The van der Waals surface area contributed by atoms with E-state index in [0.29, 0.717) is 12.4 Å². The number of nitrogens with zero attached hydrogens (tertiary/aromatic N) is 3. The molecule has 0 aliphatic carbocycles. The lowest BCUT2D eigenvalue weighted by atomic mass is 10.0. The molecule has 0 aliphatic heterocycles. The van der Waals surface area contributed by atoms with Crippen LogP contribution in [0.1, 0.15) is 11.6 Å². The van der Waals surface area contributed by atoms with Crippen LogP contribution in [0.15, 0.2) is 28.8 Å². The highest BCUT2D eigenvalue weighted by atomic mass is 16.3. The number of oxazole rings is 1. The summed E-state index contributed by atoms with van der Waals surface area (Å²) >= 11 is 0. The highest BCUT2D eigenvalue weighted by molar-refractivity contribution is 5.80. The van der Waals surface area contributed by atoms with Crippen molar-refractivity contribution in [2.24, 2.45) is 12.8 Å². The van der Waals surface area contributed by atoms with Gasteiger partial charge >= 0.3 is 0 Å². The molecule has 0 aliphatic rings. The van der Waals surface area contributed by atoms with Gasteiger partial charge in [-0.3, -0.25) is 4.68 Å². The molecule has 98 valence electrons. The molecule has 5 heteroatoms. The Balaban J connectivity index is 2.13. The minimum Gasteiger partial charge on any atom is -0.441 e. The first kappa shape index (κ1) is 11.9. The predicted molar refractivity (Wildman–Crippen MR) is 73.7 cm³/mol. The minimum atomic E-state index is 0.609. The number of hydrogen-bond acceptors (Lipinski definition) is 4. The zero-order chi connectivity index (χ0) is 13.4. The van der Waals surface area contributed by atoms with E-state index in [1.54, 1.807) is 0 Å². The predicted octanol–water partition coefficient (Wildman–Crippen LogP) is 2.04. The van der Waals surface area contributed by atoms with Gasteiger partial charge in [0.2, 0.25) is 0 Å². The molecule has 2 heterocycles. The summed E-state index contributed by atoms with van der Waals surface area (Å²) in [5, 5.41) is 4.31. The van der Waals surface area contributed by atoms with Crippen LogP contribution in [0.25, 0.3) is 22.2 Å². The third kappa shape index (κ3) is 2.02. The zero-order valence-corrected chi connectivity index (χ0v) is 11.1. The maximum Gasteiger partial charge on any atom is 0.192 e. The van der Waals surface area contributed by atoms with E-state index in [2.05, 4.69) is 10.1 Å². The maximum atomic E-state index is 5.66. The fraction of sp³-hybridized carbons (Fsp3) is 0.286. The number of aromatic nitrogens is 3. The van der Waals surface area contributed by atoms with Gasteiger partial charge in [0, 0.05) is 31.6 Å². The van der Waals surface area contributed by atoms with E-state index in [9.17, 15) is 0 Å². The Labute approximate surface area is 111 Å². The van der Waals surface area contributed by atoms with E-state index in [0.717, 1.165) is 34.3 Å². The van der Waals surface area contributed by atoms with Crippen LogP contribution in [0.2, 0.25) is 0 Å². The van der Waals surface area contributed by atoms with Crippen LogP contribution in [-0.4, -0.2) is 21.3 Å². The Bertz CT molecular complexity index is 726. The van der Waals surface area contributed by atoms with Gasteiger partial charge < -0.3 is 10.2 Å². The Morgan fingerprint density at radius 3 is 3.00 bits per heavy atom. The van der Waals surface area contributed by atoms with Crippen molar-refractivity contribution in [3.8, 4) is 11.1 Å². The van der Waals surface area contributed by atoms with E-state index in [-0.39, 0.29) is 0 Å². The van der Waals surface area contributed by atoms with Gasteiger partial charge in [0.25, 0.3) is 0 Å². The second-order valence-corrected chi connectivity index (χ2v) is 4.58. The van der Waals surface area contributed by atoms with Crippen molar-refractivity contribution in [1.29, 1.82) is 0 Å². The maximum absolute atomic E-state index is 5.66. The molecule has 0 radical (unpaired) electrons. The summed E-state index contributed by atoms with van der Waals surface area (Å²) in [7, 11) is 1.94. The van der Waals surface area contributed by atoms with Crippen LogP contribution in [0, 0.1) is 6.92 Å². The van der Waals surface area contributed by atoms with Gasteiger partial charge in [0.15, 0.2) is 11.5 Å². The zero-order valence-electron chi connectivity index (χ0n) is 11.1. The summed E-state index contributed by atoms with van der Waals surface area (Å²) in [4.78, 5) is 4.36.